The number of rotatable bonds is 7. The van der Waals surface area contributed by atoms with Crippen LogP contribution in [0.15, 0.2) is 65.6 Å². The predicted octanol–water partition coefficient (Wildman–Crippen LogP) is 3.90. The molecule has 1 N–H and O–H groups in total. The number of ether oxygens (including phenoxy) is 3. The molecule has 1 aromatic heterocycles. The summed E-state index contributed by atoms with van der Waals surface area (Å²) in [5.74, 6) is 0.914. The second-order valence-corrected chi connectivity index (χ2v) is 8.98. The van der Waals surface area contributed by atoms with Crippen LogP contribution in [0.3, 0.4) is 0 Å². The van der Waals surface area contributed by atoms with Crippen molar-refractivity contribution in [2.24, 2.45) is 0 Å². The summed E-state index contributed by atoms with van der Waals surface area (Å²) in [5, 5.41) is 3.17. The maximum absolute atomic E-state index is 13.5. The Hall–Kier alpha value is -4.59. The standard InChI is InChI=1S/C29H26N2O6/c1-17-7-8-20(9-18(17)2)28(33)23-14-31(15-27(32)30-13-19-5-4-6-21(10-19)35-3)24-12-26-25(36-16-37-26)11-22(24)29(23)34/h4-12,14H,13,15-16H2,1-3H3,(H,30,32). The van der Waals surface area contributed by atoms with Crippen LogP contribution in [0.2, 0.25) is 0 Å². The third kappa shape index (κ3) is 4.78. The first kappa shape index (κ1) is 24.1. The Kier molecular flexibility index (Phi) is 6.40. The van der Waals surface area contributed by atoms with Crippen LogP contribution in [0.4, 0.5) is 0 Å². The minimum absolute atomic E-state index is 0.0183. The minimum Gasteiger partial charge on any atom is -0.497 e. The number of amides is 1. The number of pyridine rings is 1. The van der Waals surface area contributed by atoms with Gasteiger partial charge in [-0.1, -0.05) is 24.3 Å². The van der Waals surface area contributed by atoms with Crippen LogP contribution in [0, 0.1) is 13.8 Å². The largest absolute Gasteiger partial charge is 0.497 e. The van der Waals surface area contributed by atoms with Gasteiger partial charge in [0.2, 0.25) is 18.1 Å². The Bertz CT molecular complexity index is 1600. The van der Waals surface area contributed by atoms with Crippen LogP contribution in [0.5, 0.6) is 17.2 Å². The van der Waals surface area contributed by atoms with Crippen LogP contribution in [-0.4, -0.2) is 30.2 Å². The second-order valence-electron chi connectivity index (χ2n) is 8.98. The molecule has 4 aromatic rings. The van der Waals surface area contributed by atoms with Gasteiger partial charge in [-0.15, -0.1) is 0 Å². The third-order valence-electron chi connectivity index (χ3n) is 6.53. The lowest BCUT2D eigenvalue weighted by Crippen LogP contribution is -2.29. The minimum atomic E-state index is -0.426. The van der Waals surface area contributed by atoms with Gasteiger partial charge >= 0.3 is 0 Å². The van der Waals surface area contributed by atoms with Crippen molar-refractivity contribution >= 4 is 22.6 Å². The van der Waals surface area contributed by atoms with E-state index in [4.69, 9.17) is 14.2 Å². The van der Waals surface area contributed by atoms with E-state index >= 15 is 0 Å². The monoisotopic (exact) mass is 498 g/mol. The third-order valence-corrected chi connectivity index (χ3v) is 6.53. The Morgan fingerprint density at radius 2 is 1.78 bits per heavy atom. The summed E-state index contributed by atoms with van der Waals surface area (Å²) in [5.41, 5.74) is 3.32. The molecule has 2 heterocycles. The fourth-order valence-electron chi connectivity index (χ4n) is 4.30. The number of fused-ring (bicyclic) bond motifs is 2. The lowest BCUT2D eigenvalue weighted by atomic mass is 9.98. The van der Waals surface area contributed by atoms with Gasteiger partial charge in [0.05, 0.1) is 23.6 Å². The van der Waals surface area contributed by atoms with Crippen molar-refractivity contribution in [3.8, 4) is 17.2 Å². The molecule has 0 bridgehead atoms. The molecule has 37 heavy (non-hydrogen) atoms. The van der Waals surface area contributed by atoms with Crippen molar-refractivity contribution in [2.75, 3.05) is 13.9 Å². The average Bonchev–Trinajstić information content (AvgIpc) is 3.37. The lowest BCUT2D eigenvalue weighted by Gasteiger charge is -2.14. The fraction of sp³-hybridized carbons (Fsp3) is 0.207. The molecule has 5 rings (SSSR count). The quantitative estimate of drug-likeness (QED) is 0.388. The average molecular weight is 499 g/mol. The van der Waals surface area contributed by atoms with Gasteiger partial charge in [0.1, 0.15) is 12.3 Å². The highest BCUT2D eigenvalue weighted by Crippen LogP contribution is 2.35. The summed E-state index contributed by atoms with van der Waals surface area (Å²) in [4.78, 5) is 39.9. The Morgan fingerprint density at radius 1 is 1.00 bits per heavy atom. The number of carbonyl (C=O) groups is 2. The van der Waals surface area contributed by atoms with E-state index in [9.17, 15) is 14.4 Å². The van der Waals surface area contributed by atoms with Crippen LogP contribution >= 0.6 is 0 Å². The topological polar surface area (TPSA) is 95.9 Å². The number of aromatic nitrogens is 1. The van der Waals surface area contributed by atoms with Gasteiger partial charge in [-0.25, -0.2) is 0 Å². The Labute approximate surface area is 213 Å². The Balaban J connectivity index is 1.51. The van der Waals surface area contributed by atoms with Gasteiger partial charge in [-0.3, -0.25) is 14.4 Å². The first-order valence-corrected chi connectivity index (χ1v) is 11.8. The van der Waals surface area contributed by atoms with Crippen molar-refractivity contribution in [1.82, 2.24) is 9.88 Å². The molecule has 0 saturated carbocycles. The molecule has 0 aliphatic carbocycles. The molecular weight excluding hydrogens is 472 g/mol. The molecule has 8 nitrogen and oxygen atoms in total. The van der Waals surface area contributed by atoms with Gasteiger partial charge in [-0.2, -0.15) is 0 Å². The maximum Gasteiger partial charge on any atom is 0.240 e. The number of nitrogens with zero attached hydrogens (tertiary/aromatic N) is 1. The highest BCUT2D eigenvalue weighted by atomic mass is 16.7. The van der Waals surface area contributed by atoms with Crippen LogP contribution in [0.1, 0.15) is 32.6 Å². The van der Waals surface area contributed by atoms with E-state index in [1.54, 1.807) is 35.9 Å². The molecular formula is C29H26N2O6. The van der Waals surface area contributed by atoms with E-state index < -0.39 is 11.2 Å². The van der Waals surface area contributed by atoms with E-state index in [1.807, 2.05) is 44.2 Å². The van der Waals surface area contributed by atoms with Crippen molar-refractivity contribution in [3.05, 3.63) is 98.8 Å². The fourth-order valence-corrected chi connectivity index (χ4v) is 4.30. The molecule has 0 atom stereocenters. The van der Waals surface area contributed by atoms with E-state index in [-0.39, 0.29) is 30.2 Å². The van der Waals surface area contributed by atoms with E-state index in [0.717, 1.165) is 16.7 Å². The lowest BCUT2D eigenvalue weighted by molar-refractivity contribution is -0.121. The summed E-state index contributed by atoms with van der Waals surface area (Å²) >= 11 is 0. The van der Waals surface area contributed by atoms with Crippen molar-refractivity contribution in [2.45, 2.75) is 26.9 Å². The number of ketones is 1. The first-order chi connectivity index (χ1) is 17.8. The van der Waals surface area contributed by atoms with Crippen LogP contribution in [-0.2, 0) is 17.9 Å². The number of aryl methyl sites for hydroxylation is 2. The van der Waals surface area contributed by atoms with Crippen molar-refractivity contribution in [1.29, 1.82) is 0 Å². The van der Waals surface area contributed by atoms with Crippen LogP contribution in [0.25, 0.3) is 10.9 Å². The number of hydrogen-bond acceptors (Lipinski definition) is 6. The highest BCUT2D eigenvalue weighted by molar-refractivity contribution is 6.10. The number of benzene rings is 3. The molecule has 0 saturated heterocycles. The first-order valence-electron chi connectivity index (χ1n) is 11.8. The molecule has 1 aliphatic rings. The summed E-state index contributed by atoms with van der Waals surface area (Å²) in [7, 11) is 1.58. The maximum atomic E-state index is 13.5. The number of carbonyl (C=O) groups excluding carboxylic acids is 2. The van der Waals surface area contributed by atoms with Crippen molar-refractivity contribution < 1.29 is 23.8 Å². The molecule has 0 spiro atoms. The molecule has 3 aromatic carbocycles. The van der Waals surface area contributed by atoms with Gasteiger partial charge in [0, 0.05) is 24.4 Å². The summed E-state index contributed by atoms with van der Waals surface area (Å²) in [6.07, 6.45) is 1.45. The zero-order chi connectivity index (χ0) is 26.1. The Morgan fingerprint density at radius 3 is 2.54 bits per heavy atom. The normalized spacial score (nSPS) is 12.0. The van der Waals surface area contributed by atoms with Crippen LogP contribution < -0.4 is 25.0 Å². The zero-order valence-electron chi connectivity index (χ0n) is 20.8. The van der Waals surface area contributed by atoms with Gasteiger partial charge in [0.25, 0.3) is 0 Å². The van der Waals surface area contributed by atoms with Gasteiger partial charge < -0.3 is 24.1 Å². The SMILES string of the molecule is COc1cccc(CNC(=O)Cn2cc(C(=O)c3ccc(C)c(C)c3)c(=O)c3cc4c(cc32)OCO4)c1. The van der Waals surface area contributed by atoms with E-state index in [1.165, 1.54) is 6.20 Å². The second kappa shape index (κ2) is 9.81. The van der Waals surface area contributed by atoms with E-state index in [0.29, 0.717) is 34.9 Å². The predicted molar refractivity (Wildman–Crippen MR) is 139 cm³/mol. The van der Waals surface area contributed by atoms with E-state index in [2.05, 4.69) is 5.32 Å². The number of methoxy groups -OCH3 is 1. The number of nitrogens with one attached hydrogen (secondary N) is 1. The summed E-state index contributed by atoms with van der Waals surface area (Å²) in [6.45, 7) is 4.11. The summed E-state index contributed by atoms with van der Waals surface area (Å²) < 4.78 is 17.8. The zero-order valence-corrected chi connectivity index (χ0v) is 20.8. The molecule has 0 radical (unpaired) electrons. The number of hydrogen-bond donors (Lipinski definition) is 1. The van der Waals surface area contributed by atoms with Gasteiger partial charge in [0.15, 0.2) is 17.3 Å². The molecule has 188 valence electrons. The van der Waals surface area contributed by atoms with Crippen molar-refractivity contribution in [3.63, 3.8) is 0 Å². The smallest absolute Gasteiger partial charge is 0.240 e. The van der Waals surface area contributed by atoms with Gasteiger partial charge in [-0.05, 0) is 54.8 Å². The molecule has 0 unspecified atom stereocenters. The molecule has 8 heteroatoms. The summed E-state index contributed by atoms with van der Waals surface area (Å²) in [6, 6.07) is 16.0. The molecule has 1 amide bonds. The highest BCUT2D eigenvalue weighted by Gasteiger charge is 2.22. The molecule has 0 fully saturated rings. The molecule has 1 aliphatic heterocycles.